The number of nitrogens with two attached hydrogens (primary N) is 1. The maximum Gasteiger partial charge on any atom is 0.225 e. The normalized spacial score (nSPS) is 20.1. The fraction of sp³-hybridized carbons (Fsp3) is 0.533. The van der Waals surface area contributed by atoms with Gasteiger partial charge in [0.05, 0.1) is 0 Å². The van der Waals surface area contributed by atoms with E-state index >= 15 is 0 Å². The number of carbonyl (C=O) groups excluding carboxylic acids is 1. The maximum atomic E-state index is 12.3. The van der Waals surface area contributed by atoms with Gasteiger partial charge in [0.1, 0.15) is 0 Å². The molecule has 1 aromatic rings. The standard InChI is InChI=1S/C15H22N2O/c1-11(16)10-17(2)15(18)14-8-7-12-5-3-4-6-13(12)9-14/h3-6,11,14H,7-10,16H2,1-2H3. The second-order valence-electron chi connectivity index (χ2n) is 5.40. The fourth-order valence-electron chi connectivity index (χ4n) is 2.74. The quantitative estimate of drug-likeness (QED) is 0.880. The van der Waals surface area contributed by atoms with Gasteiger partial charge in [-0.05, 0) is 37.3 Å². The monoisotopic (exact) mass is 246 g/mol. The lowest BCUT2D eigenvalue weighted by Crippen LogP contribution is -2.41. The topological polar surface area (TPSA) is 46.3 Å². The van der Waals surface area contributed by atoms with Crippen LogP contribution in [0.15, 0.2) is 24.3 Å². The molecule has 2 rings (SSSR count). The van der Waals surface area contributed by atoms with Crippen LogP contribution in [0.4, 0.5) is 0 Å². The molecular formula is C15H22N2O. The molecule has 1 aromatic carbocycles. The van der Waals surface area contributed by atoms with Crippen molar-refractivity contribution in [3.05, 3.63) is 35.4 Å². The first-order chi connectivity index (χ1) is 8.58. The van der Waals surface area contributed by atoms with Crippen LogP contribution in [0.5, 0.6) is 0 Å². The van der Waals surface area contributed by atoms with E-state index in [0.717, 1.165) is 19.3 Å². The van der Waals surface area contributed by atoms with E-state index in [2.05, 4.69) is 24.3 Å². The third-order valence-corrected chi connectivity index (χ3v) is 3.63. The van der Waals surface area contributed by atoms with Crippen LogP contribution < -0.4 is 5.73 Å². The van der Waals surface area contributed by atoms with Gasteiger partial charge in [0, 0.05) is 25.6 Å². The predicted molar refractivity (Wildman–Crippen MR) is 73.2 cm³/mol. The lowest BCUT2D eigenvalue weighted by atomic mass is 9.83. The Hall–Kier alpha value is -1.35. The van der Waals surface area contributed by atoms with Crippen LogP contribution in [0.2, 0.25) is 0 Å². The SMILES string of the molecule is CC(N)CN(C)C(=O)C1CCc2ccccc2C1. The molecular weight excluding hydrogens is 224 g/mol. The second-order valence-corrected chi connectivity index (χ2v) is 5.40. The number of hydrogen-bond donors (Lipinski definition) is 1. The minimum absolute atomic E-state index is 0.0369. The van der Waals surface area contributed by atoms with Crippen LogP contribution in [0.25, 0.3) is 0 Å². The van der Waals surface area contributed by atoms with Crippen LogP contribution >= 0.6 is 0 Å². The number of hydrogen-bond acceptors (Lipinski definition) is 2. The van der Waals surface area contributed by atoms with Gasteiger partial charge in [-0.25, -0.2) is 0 Å². The summed E-state index contributed by atoms with van der Waals surface area (Å²) in [5.41, 5.74) is 8.47. The summed E-state index contributed by atoms with van der Waals surface area (Å²) in [6.07, 6.45) is 2.84. The zero-order valence-electron chi connectivity index (χ0n) is 11.2. The molecule has 0 fully saturated rings. The van der Waals surface area contributed by atoms with Gasteiger partial charge >= 0.3 is 0 Å². The molecule has 2 N–H and O–H groups in total. The third-order valence-electron chi connectivity index (χ3n) is 3.63. The zero-order valence-corrected chi connectivity index (χ0v) is 11.2. The lowest BCUT2D eigenvalue weighted by molar-refractivity contribution is -0.134. The molecule has 2 atom stereocenters. The van der Waals surface area contributed by atoms with Gasteiger partial charge < -0.3 is 10.6 Å². The number of nitrogens with zero attached hydrogens (tertiary/aromatic N) is 1. The van der Waals surface area contributed by atoms with E-state index in [-0.39, 0.29) is 17.9 Å². The number of fused-ring (bicyclic) bond motifs is 1. The first-order valence-electron chi connectivity index (χ1n) is 6.65. The van der Waals surface area contributed by atoms with Crippen molar-refractivity contribution in [2.75, 3.05) is 13.6 Å². The van der Waals surface area contributed by atoms with E-state index in [1.807, 2.05) is 14.0 Å². The zero-order chi connectivity index (χ0) is 13.1. The Bertz CT molecular complexity index is 428. The van der Waals surface area contributed by atoms with Gasteiger partial charge in [-0.1, -0.05) is 24.3 Å². The highest BCUT2D eigenvalue weighted by Gasteiger charge is 2.26. The molecule has 0 saturated heterocycles. The minimum Gasteiger partial charge on any atom is -0.344 e. The minimum atomic E-state index is 0.0369. The van der Waals surface area contributed by atoms with Crippen LogP contribution in [0.3, 0.4) is 0 Å². The predicted octanol–water partition coefficient (Wildman–Crippen LogP) is 1.60. The number of likely N-dealkylation sites (N-methyl/N-ethyl adjacent to an activating group) is 1. The number of carbonyl (C=O) groups is 1. The molecule has 1 aliphatic rings. The Morgan fingerprint density at radius 3 is 2.78 bits per heavy atom. The summed E-state index contributed by atoms with van der Waals surface area (Å²) in [5, 5.41) is 0. The molecule has 3 nitrogen and oxygen atoms in total. The molecule has 0 aromatic heterocycles. The van der Waals surface area contributed by atoms with Crippen molar-refractivity contribution in [2.24, 2.45) is 11.7 Å². The van der Waals surface area contributed by atoms with Crippen molar-refractivity contribution >= 4 is 5.91 Å². The van der Waals surface area contributed by atoms with E-state index in [1.54, 1.807) is 4.90 Å². The van der Waals surface area contributed by atoms with Gasteiger partial charge in [0.2, 0.25) is 5.91 Å². The Morgan fingerprint density at radius 2 is 2.11 bits per heavy atom. The van der Waals surface area contributed by atoms with Crippen LogP contribution in [-0.2, 0) is 17.6 Å². The molecule has 1 aliphatic carbocycles. The summed E-state index contributed by atoms with van der Waals surface area (Å²) in [5.74, 6) is 0.366. The van der Waals surface area contributed by atoms with Gasteiger partial charge in [-0.3, -0.25) is 4.79 Å². The van der Waals surface area contributed by atoms with Crippen LogP contribution in [0, 0.1) is 5.92 Å². The molecule has 0 aliphatic heterocycles. The Kier molecular flexibility index (Phi) is 4.02. The van der Waals surface area contributed by atoms with Gasteiger partial charge in [-0.15, -0.1) is 0 Å². The first kappa shape index (κ1) is 13.1. The number of rotatable bonds is 3. The molecule has 0 heterocycles. The maximum absolute atomic E-state index is 12.3. The van der Waals surface area contributed by atoms with Gasteiger partial charge in [-0.2, -0.15) is 0 Å². The molecule has 3 heteroatoms. The molecule has 2 unspecified atom stereocenters. The smallest absolute Gasteiger partial charge is 0.225 e. The summed E-state index contributed by atoms with van der Waals surface area (Å²) >= 11 is 0. The fourth-order valence-corrected chi connectivity index (χ4v) is 2.74. The van der Waals surface area contributed by atoms with Crippen LogP contribution in [-0.4, -0.2) is 30.4 Å². The third kappa shape index (κ3) is 2.91. The van der Waals surface area contributed by atoms with E-state index in [1.165, 1.54) is 11.1 Å². The van der Waals surface area contributed by atoms with Crippen molar-refractivity contribution in [2.45, 2.75) is 32.2 Å². The van der Waals surface area contributed by atoms with Crippen molar-refractivity contribution in [3.63, 3.8) is 0 Å². The molecule has 18 heavy (non-hydrogen) atoms. The van der Waals surface area contributed by atoms with Crippen LogP contribution in [0.1, 0.15) is 24.5 Å². The number of aryl methyl sites for hydroxylation is 1. The van der Waals surface area contributed by atoms with Crippen molar-refractivity contribution in [1.29, 1.82) is 0 Å². The largest absolute Gasteiger partial charge is 0.344 e. The summed E-state index contributed by atoms with van der Waals surface area (Å²) in [4.78, 5) is 14.1. The molecule has 0 radical (unpaired) electrons. The van der Waals surface area contributed by atoms with Crippen molar-refractivity contribution < 1.29 is 4.79 Å². The van der Waals surface area contributed by atoms with Gasteiger partial charge in [0.15, 0.2) is 0 Å². The van der Waals surface area contributed by atoms with Gasteiger partial charge in [0.25, 0.3) is 0 Å². The molecule has 98 valence electrons. The molecule has 1 amide bonds. The van der Waals surface area contributed by atoms with E-state index < -0.39 is 0 Å². The van der Waals surface area contributed by atoms with Crippen molar-refractivity contribution in [3.8, 4) is 0 Å². The van der Waals surface area contributed by atoms with E-state index in [9.17, 15) is 4.79 Å². The summed E-state index contributed by atoms with van der Waals surface area (Å²) < 4.78 is 0. The highest BCUT2D eigenvalue weighted by atomic mass is 16.2. The number of amides is 1. The Labute approximate surface area is 109 Å². The summed E-state index contributed by atoms with van der Waals surface area (Å²) in [6, 6.07) is 8.47. The summed E-state index contributed by atoms with van der Waals surface area (Å²) in [7, 11) is 1.85. The highest BCUT2D eigenvalue weighted by molar-refractivity contribution is 5.79. The average Bonchev–Trinajstić information content (AvgIpc) is 2.36. The molecule has 0 bridgehead atoms. The Morgan fingerprint density at radius 1 is 1.44 bits per heavy atom. The number of benzene rings is 1. The highest BCUT2D eigenvalue weighted by Crippen LogP contribution is 2.26. The lowest BCUT2D eigenvalue weighted by Gasteiger charge is -2.28. The molecule has 0 saturated carbocycles. The second kappa shape index (κ2) is 5.53. The summed E-state index contributed by atoms with van der Waals surface area (Å²) in [6.45, 7) is 2.57. The average molecular weight is 246 g/mol. The molecule has 0 spiro atoms. The van der Waals surface area contributed by atoms with E-state index in [4.69, 9.17) is 5.73 Å². The van der Waals surface area contributed by atoms with Crippen molar-refractivity contribution in [1.82, 2.24) is 4.90 Å². The first-order valence-corrected chi connectivity index (χ1v) is 6.65. The van der Waals surface area contributed by atoms with E-state index in [0.29, 0.717) is 6.54 Å². The Balaban J connectivity index is 2.02.